The first kappa shape index (κ1) is 106. The first-order chi connectivity index (χ1) is 68.3. The number of aliphatic hydroxyl groups excluding tert-OH is 28. The molecule has 8 aliphatic rings. The van der Waals surface area contributed by atoms with Gasteiger partial charge in [-0.25, -0.2) is 18.7 Å². The minimum absolute atomic E-state index is 0.161. The molecule has 0 bridgehead atoms. The maximum atomic E-state index is 11.5. The van der Waals surface area contributed by atoms with Gasteiger partial charge >= 0.3 is 0 Å². The number of hydrogen-bond acceptors (Lipinski definition) is 52. The van der Waals surface area contributed by atoms with Crippen molar-refractivity contribution < 1.29 is 219 Å². The second kappa shape index (κ2) is 46.2. The van der Waals surface area contributed by atoms with Gasteiger partial charge in [0, 0.05) is 0 Å². The number of hydrogen-bond donors (Lipinski definition) is 28. The summed E-state index contributed by atoms with van der Waals surface area (Å²) in [7, 11) is 0. The molecule has 780 valence electrons. The highest BCUT2D eigenvalue weighted by atomic mass is 16.8. The third kappa shape index (κ3) is 22.2. The van der Waals surface area contributed by atoms with Crippen molar-refractivity contribution in [3.05, 3.63) is 167 Å². The number of benzene rings is 4. The molecule has 0 radical (unpaired) electrons. The summed E-state index contributed by atoms with van der Waals surface area (Å²) in [6.07, 6.45) is -62.7. The van der Waals surface area contributed by atoms with Crippen LogP contribution in [0.5, 0.6) is 23.0 Å². The summed E-state index contributed by atoms with van der Waals surface area (Å²) in [5.41, 5.74) is 3.86. The van der Waals surface area contributed by atoms with E-state index in [-0.39, 0.29) is 72.2 Å². The van der Waals surface area contributed by atoms with Gasteiger partial charge in [0.25, 0.3) is 0 Å². The van der Waals surface area contributed by atoms with Crippen LogP contribution in [0.4, 0.5) is 0 Å². The van der Waals surface area contributed by atoms with Crippen LogP contribution < -0.4 is 18.9 Å². The molecule has 16 rings (SSSR count). The average Bonchev–Trinajstić information content (AvgIpc) is 1.79. The predicted molar refractivity (Wildman–Crippen MR) is 455 cm³/mol. The highest BCUT2D eigenvalue weighted by Gasteiger charge is 2.57. The van der Waals surface area contributed by atoms with E-state index in [2.05, 4.69) is 41.2 Å². The Morgan fingerprint density at radius 2 is 0.401 bits per heavy atom. The summed E-state index contributed by atoms with van der Waals surface area (Å²) in [5.74, 6) is 1.08. The van der Waals surface area contributed by atoms with Crippen LogP contribution in [-0.2, 0) is 83.3 Å². The fraction of sp³-hybridized carbons (Fsp3) is 0.605. The van der Waals surface area contributed by atoms with Crippen molar-refractivity contribution in [1.82, 2.24) is 60.0 Å². The van der Waals surface area contributed by atoms with Gasteiger partial charge in [0.1, 0.15) is 268 Å². The standard InChI is InChI=1S/C86H112N12O44/c99-21-45-55(107)59(111)71(123)83(135-45)139-75-49(25-103)131-79(67(119)63(75)115)95-17-37(87-91-95)29-127-41-9-1-33(2-10-41)53(34-3-11-42(12-4-34)128-30-38-18-96(92-88-38)80-68(120)64(116)76(50(26-104)132-80)140-84-72(124)60(112)56(108)46(22-100)136-84)54(35-5-13-43(14-6-35)129-31-39-19-97(93-89-39)81-69(121)65(117)77(51(27-105)133-81)141-85-73(125)61(113)57(109)47(23-101)137-85)36-7-15-44(16-8-36)130-32-40-20-98(94-90-40)82-70(122)66(118)78(52(28-106)134-82)142-86-74(126)62(114)58(110)48(24-102)138-86/h1-20,45-52,55-86,99-126H,21-32H2/t45-,46-,47-,48-,49-,50-,51-,52-,55-,56-,57-,58-,59+,60+,61+,62+,63-,64-,65-,66-,67-,68-,69-,70-,71-,72-,73-,74-,75+,76+,77+,78+,79-,80-,81-,82-,83+,84+,85+,86+/m1/s1. The van der Waals surface area contributed by atoms with Gasteiger partial charge in [0.2, 0.25) is 0 Å². The molecule has 4 aromatic heterocycles. The van der Waals surface area contributed by atoms with E-state index in [9.17, 15) is 143 Å². The van der Waals surface area contributed by atoms with E-state index in [1.54, 1.807) is 97.1 Å². The van der Waals surface area contributed by atoms with Crippen molar-refractivity contribution in [3.8, 4) is 23.0 Å². The Kier molecular flexibility index (Phi) is 34.4. The second-order valence-electron chi connectivity index (χ2n) is 34.9. The molecule has 40 atom stereocenters. The minimum Gasteiger partial charge on any atom is -0.487 e. The molecule has 0 saturated carbocycles. The second-order valence-corrected chi connectivity index (χ2v) is 34.9. The fourth-order valence-electron chi connectivity index (χ4n) is 17.6. The van der Waals surface area contributed by atoms with Crippen LogP contribution in [0.1, 0.15) is 69.9 Å². The number of aliphatic hydroxyl groups is 28. The van der Waals surface area contributed by atoms with Gasteiger partial charge in [-0.15, -0.1) is 20.4 Å². The number of aromatic nitrogens is 12. The quantitative estimate of drug-likeness (QED) is 0.0162. The topological polar surface area (TPSA) is 837 Å². The zero-order chi connectivity index (χ0) is 101. The molecule has 8 aromatic rings. The van der Waals surface area contributed by atoms with Crippen molar-refractivity contribution in [3.63, 3.8) is 0 Å². The number of nitrogens with zero attached hydrogens (tertiary/aromatic N) is 12. The SMILES string of the molecule is OC[C@H]1O[C@@H](O[C@@H]2[C@H](O)[C@@H](O)[C@H](n3cc(COc4ccc(C(=C(c5ccc(OCc6cn([C@@H]7O[C@H](CO)[C@H](O[C@@H]8O[C@H](CO)[C@@H](O)[C@H](O)[C@H]8O)[C@H](O)[C@H]7O)nn6)cc5)c5ccc(OCc6cn([C@@H]7O[C@H](CO)[C@H](O[C@@H]8O[C@H](CO)[C@@H](O)[C@H](O)[C@H]8O)[C@H](O)[C@H]7O)nn6)cc5)c5ccc(OCc6cn([C@@H]7O[C@H](CO)[C@H](O[C@@H]8O[C@H](CO)[C@@H](O)[C@H](O)[C@H]8O)[C@H](O)[C@H]7O)nn6)cc5)cc4)nn3)O[C@@H]2CO)[C@H](O)[C@@H](O)[C@@H]1O. The molecule has 8 saturated heterocycles. The van der Waals surface area contributed by atoms with E-state index >= 15 is 0 Å². The van der Waals surface area contributed by atoms with Gasteiger partial charge in [-0.05, 0) is 81.9 Å². The molecule has 56 nitrogen and oxygen atoms in total. The molecule has 28 N–H and O–H groups in total. The summed E-state index contributed by atoms with van der Waals surface area (Å²) in [4.78, 5) is 0. The lowest BCUT2D eigenvalue weighted by Crippen LogP contribution is -2.63. The van der Waals surface area contributed by atoms with Crippen molar-refractivity contribution >= 4 is 11.1 Å². The van der Waals surface area contributed by atoms with Crippen LogP contribution in [-0.4, -0.2) is 476 Å². The fourth-order valence-corrected chi connectivity index (χ4v) is 17.6. The summed E-state index contributed by atoms with van der Waals surface area (Å²) < 4.78 is 97.8. The molecule has 8 aliphatic heterocycles. The molecule has 0 amide bonds. The summed E-state index contributed by atoms with van der Waals surface area (Å²) in [6.45, 7) is -7.64. The molecular weight excluding hydrogens is 1900 g/mol. The Hall–Kier alpha value is -9.22. The van der Waals surface area contributed by atoms with Crippen LogP contribution in [0.25, 0.3) is 11.1 Å². The van der Waals surface area contributed by atoms with Gasteiger partial charge in [0.15, 0.2) is 50.1 Å². The molecule has 0 aliphatic carbocycles. The zero-order valence-electron chi connectivity index (χ0n) is 74.5. The van der Waals surface area contributed by atoms with E-state index in [0.29, 0.717) is 33.4 Å². The zero-order valence-corrected chi connectivity index (χ0v) is 74.5. The molecule has 0 unspecified atom stereocenters. The summed E-state index contributed by atoms with van der Waals surface area (Å²) >= 11 is 0. The minimum atomic E-state index is -1.91. The normalized spacial score (nSPS) is 37.8. The third-order valence-corrected chi connectivity index (χ3v) is 25.6. The molecule has 4 aromatic carbocycles. The van der Waals surface area contributed by atoms with E-state index in [0.717, 1.165) is 18.7 Å². The Balaban J connectivity index is 0.675. The van der Waals surface area contributed by atoms with E-state index < -0.39 is 298 Å². The highest BCUT2D eigenvalue weighted by molar-refractivity contribution is 6.04. The van der Waals surface area contributed by atoms with Crippen LogP contribution in [0.3, 0.4) is 0 Å². The molecule has 12 heterocycles. The maximum Gasteiger partial charge on any atom is 0.187 e. The first-order valence-electron chi connectivity index (χ1n) is 44.9. The van der Waals surface area contributed by atoms with Crippen LogP contribution >= 0.6 is 0 Å². The number of ether oxygens (including phenoxy) is 16. The van der Waals surface area contributed by atoms with Gasteiger partial charge in [-0.3, -0.25) is 0 Å². The Bertz CT molecular complexity index is 4700. The predicted octanol–water partition coefficient (Wildman–Crippen LogP) is -13.4. The van der Waals surface area contributed by atoms with Crippen molar-refractivity contribution in [2.24, 2.45) is 0 Å². The lowest BCUT2D eigenvalue weighted by molar-refractivity contribution is -0.347. The third-order valence-electron chi connectivity index (χ3n) is 25.6. The van der Waals surface area contributed by atoms with Gasteiger partial charge in [0.05, 0.1) is 77.6 Å². The van der Waals surface area contributed by atoms with Crippen molar-refractivity contribution in [2.45, 2.75) is 272 Å². The Labute approximate surface area is 801 Å². The van der Waals surface area contributed by atoms with Gasteiger partial charge < -0.3 is 219 Å². The van der Waals surface area contributed by atoms with E-state index in [1.807, 2.05) is 0 Å². The first-order valence-corrected chi connectivity index (χ1v) is 44.9. The Morgan fingerprint density at radius 3 is 0.577 bits per heavy atom. The van der Waals surface area contributed by atoms with Gasteiger partial charge in [-0.2, -0.15) is 0 Å². The van der Waals surface area contributed by atoms with Crippen LogP contribution in [0.2, 0.25) is 0 Å². The molecule has 142 heavy (non-hydrogen) atoms. The van der Waals surface area contributed by atoms with E-state index in [4.69, 9.17) is 75.8 Å². The molecule has 56 heteroatoms. The number of rotatable bonds is 36. The molecular formula is C86H112N12O44. The lowest BCUT2D eigenvalue weighted by atomic mass is 9.85. The Morgan fingerprint density at radius 1 is 0.218 bits per heavy atom. The molecule has 0 spiro atoms. The highest BCUT2D eigenvalue weighted by Crippen LogP contribution is 2.43. The molecule has 8 fully saturated rings. The maximum absolute atomic E-state index is 11.5. The summed E-state index contributed by atoms with van der Waals surface area (Å²) in [5, 5.41) is 331. The van der Waals surface area contributed by atoms with Gasteiger partial charge in [-0.1, -0.05) is 69.4 Å². The van der Waals surface area contributed by atoms with E-state index in [1.165, 1.54) is 24.8 Å². The smallest absolute Gasteiger partial charge is 0.187 e. The van der Waals surface area contributed by atoms with Crippen LogP contribution in [0, 0.1) is 0 Å². The van der Waals surface area contributed by atoms with Crippen molar-refractivity contribution in [2.75, 3.05) is 52.9 Å². The largest absolute Gasteiger partial charge is 0.487 e. The average molecular weight is 2020 g/mol. The lowest BCUT2D eigenvalue weighted by Gasteiger charge is -2.45. The monoisotopic (exact) mass is 2020 g/mol. The van der Waals surface area contributed by atoms with Crippen LogP contribution in [0.15, 0.2) is 122 Å². The summed E-state index contributed by atoms with van der Waals surface area (Å²) in [6, 6.07) is 27.1. The van der Waals surface area contributed by atoms with Crippen molar-refractivity contribution in [1.29, 1.82) is 0 Å².